The number of nitrogens with one attached hydrogen (secondary N) is 2. The standard InChI is InChI=1S/C33H35FN4O7S3/c1-4-22(20-32-37(17-7-11-29(39)35-47(2,41)42)26-21-24(34)14-16-28(26)46-32)19-31-38(18-8-12-30(40)36-48(3,43)44)33-25-10-6-5-9-23(25)13-15-27(33)45-31/h5-6,9-10,13-16,19-21H,4,7-8,11-12,17-18H2,1-3H3,(H-,35,36,39,40)/p+1. The Labute approximate surface area is 283 Å². The van der Waals surface area contributed by atoms with E-state index in [0.717, 1.165) is 44.3 Å². The minimum Gasteiger partial charge on any atom is -0.398 e. The number of anilines is 1. The Morgan fingerprint density at radius 2 is 1.65 bits per heavy atom. The molecule has 0 spiro atoms. The molecule has 2 amide bonds. The van der Waals surface area contributed by atoms with E-state index in [1.165, 1.54) is 23.9 Å². The van der Waals surface area contributed by atoms with Gasteiger partial charge in [0, 0.05) is 30.7 Å². The fraction of sp³-hybridized carbons (Fsp3) is 0.303. The van der Waals surface area contributed by atoms with Crippen molar-refractivity contribution in [2.24, 2.45) is 0 Å². The monoisotopic (exact) mass is 715 g/mol. The van der Waals surface area contributed by atoms with E-state index in [0.29, 0.717) is 49.5 Å². The summed E-state index contributed by atoms with van der Waals surface area (Å²) in [7, 11) is -7.34. The Hall–Kier alpha value is -4.21. The molecule has 0 fully saturated rings. The molecular formula is C33H36FN4O7S3+. The van der Waals surface area contributed by atoms with Crippen molar-refractivity contribution in [2.75, 3.05) is 24.0 Å². The Bertz CT molecular complexity index is 2180. The first-order valence-electron chi connectivity index (χ1n) is 15.2. The largest absolute Gasteiger partial charge is 0.398 e. The van der Waals surface area contributed by atoms with Crippen molar-refractivity contribution >= 4 is 77.3 Å². The van der Waals surface area contributed by atoms with Gasteiger partial charge in [-0.25, -0.2) is 21.2 Å². The highest BCUT2D eigenvalue weighted by molar-refractivity contribution is 8.03. The third-order valence-corrected chi connectivity index (χ3v) is 9.81. The van der Waals surface area contributed by atoms with Crippen molar-refractivity contribution in [3.8, 4) is 0 Å². The zero-order valence-corrected chi connectivity index (χ0v) is 29.1. The second-order valence-electron chi connectivity index (χ2n) is 11.4. The summed E-state index contributed by atoms with van der Waals surface area (Å²) in [6.45, 7) is 2.71. The Morgan fingerprint density at radius 3 is 2.33 bits per heavy atom. The van der Waals surface area contributed by atoms with E-state index in [-0.39, 0.29) is 12.8 Å². The second-order valence-corrected chi connectivity index (χ2v) is 16.0. The highest BCUT2D eigenvalue weighted by Crippen LogP contribution is 2.47. The minimum absolute atomic E-state index is 0.00598. The number of hydrogen-bond acceptors (Lipinski definition) is 9. The van der Waals surface area contributed by atoms with Crippen LogP contribution in [0.1, 0.15) is 44.9 Å². The number of benzene rings is 3. The number of oxazole rings is 1. The van der Waals surface area contributed by atoms with Gasteiger partial charge in [0.15, 0.2) is 6.54 Å². The summed E-state index contributed by atoms with van der Waals surface area (Å²) in [5.41, 5.74) is 3.04. The van der Waals surface area contributed by atoms with Gasteiger partial charge < -0.3 is 9.32 Å². The summed E-state index contributed by atoms with van der Waals surface area (Å²) in [4.78, 5) is 27.2. The zero-order valence-electron chi connectivity index (χ0n) is 26.7. The summed E-state index contributed by atoms with van der Waals surface area (Å²) in [6.07, 6.45) is 7.00. The summed E-state index contributed by atoms with van der Waals surface area (Å²) in [6, 6.07) is 16.3. The van der Waals surface area contributed by atoms with E-state index in [4.69, 9.17) is 4.42 Å². The number of aryl methyl sites for hydroxylation is 1. The molecule has 0 atom stereocenters. The molecule has 11 nitrogen and oxygen atoms in total. The second kappa shape index (κ2) is 14.5. The fourth-order valence-electron chi connectivity index (χ4n) is 5.49. The highest BCUT2D eigenvalue weighted by Gasteiger charge is 2.28. The van der Waals surface area contributed by atoms with Crippen LogP contribution in [0.4, 0.5) is 10.1 Å². The SMILES string of the molecule is CCC(=Cc1oc2ccc3ccccc3c2[n+]1CCCC(=O)NS(C)(=O)=O)C=C1Sc2ccc(F)cc2N1CCCC(=O)NS(C)(=O)=O. The van der Waals surface area contributed by atoms with Gasteiger partial charge in [-0.05, 0) is 60.2 Å². The first-order chi connectivity index (χ1) is 22.7. The first kappa shape index (κ1) is 35.1. The smallest absolute Gasteiger partial charge is 0.374 e. The summed E-state index contributed by atoms with van der Waals surface area (Å²) >= 11 is 1.46. The third-order valence-electron chi connectivity index (χ3n) is 7.50. The van der Waals surface area contributed by atoms with E-state index in [1.807, 2.05) is 74.4 Å². The number of thioether (sulfide) groups is 1. The van der Waals surface area contributed by atoms with Crippen LogP contribution in [-0.2, 0) is 36.2 Å². The van der Waals surface area contributed by atoms with E-state index >= 15 is 0 Å². The number of sulfonamides is 2. The van der Waals surface area contributed by atoms with Crippen molar-refractivity contribution in [3.63, 3.8) is 0 Å². The van der Waals surface area contributed by atoms with Gasteiger partial charge in [0.25, 0.3) is 5.52 Å². The average Bonchev–Trinajstić information content (AvgIpc) is 3.52. The van der Waals surface area contributed by atoms with E-state index in [9.17, 15) is 30.8 Å². The molecule has 0 saturated heterocycles. The molecule has 2 heterocycles. The van der Waals surface area contributed by atoms with Gasteiger partial charge in [-0.2, -0.15) is 4.57 Å². The number of halogens is 1. The molecule has 2 N–H and O–H groups in total. The van der Waals surface area contributed by atoms with E-state index in [1.54, 1.807) is 6.07 Å². The van der Waals surface area contributed by atoms with Crippen molar-refractivity contribution in [1.29, 1.82) is 0 Å². The predicted molar refractivity (Wildman–Crippen MR) is 184 cm³/mol. The molecule has 0 aliphatic carbocycles. The highest BCUT2D eigenvalue weighted by atomic mass is 32.2. The molecule has 254 valence electrons. The van der Waals surface area contributed by atoms with Gasteiger partial charge in [0.05, 0.1) is 34.7 Å². The molecule has 0 unspecified atom stereocenters. The maximum absolute atomic E-state index is 14.3. The number of nitrogens with zero attached hydrogens (tertiary/aromatic N) is 2. The van der Waals surface area contributed by atoms with Crippen LogP contribution >= 0.6 is 11.8 Å². The van der Waals surface area contributed by atoms with Crippen molar-refractivity contribution in [3.05, 3.63) is 83.0 Å². The van der Waals surface area contributed by atoms with Crippen LogP contribution in [0.3, 0.4) is 0 Å². The van der Waals surface area contributed by atoms with E-state index in [2.05, 4.69) is 0 Å². The van der Waals surface area contributed by atoms with E-state index < -0.39 is 37.7 Å². The molecule has 15 heteroatoms. The molecule has 5 rings (SSSR count). The lowest BCUT2D eigenvalue weighted by Crippen LogP contribution is -2.37. The van der Waals surface area contributed by atoms with Crippen LogP contribution in [-0.4, -0.2) is 47.7 Å². The van der Waals surface area contributed by atoms with Crippen molar-refractivity contribution < 1.29 is 39.8 Å². The van der Waals surface area contributed by atoms with Crippen LogP contribution in [0.2, 0.25) is 0 Å². The fourth-order valence-corrected chi connectivity index (χ4v) is 7.67. The van der Waals surface area contributed by atoms with Crippen LogP contribution < -0.4 is 18.9 Å². The predicted octanol–water partition coefficient (Wildman–Crippen LogP) is 4.97. The normalized spacial score (nSPS) is 14.5. The van der Waals surface area contributed by atoms with Gasteiger partial charge in [-0.15, -0.1) is 0 Å². The molecule has 0 bridgehead atoms. The maximum Gasteiger partial charge on any atom is 0.374 e. The van der Waals surface area contributed by atoms with Gasteiger partial charge in [-0.1, -0.05) is 43.0 Å². The molecule has 0 radical (unpaired) electrons. The summed E-state index contributed by atoms with van der Waals surface area (Å²) in [5, 5.41) is 2.78. The lowest BCUT2D eigenvalue weighted by atomic mass is 10.1. The molecule has 3 aromatic carbocycles. The number of fused-ring (bicyclic) bond motifs is 4. The minimum atomic E-state index is -3.67. The van der Waals surface area contributed by atoms with Gasteiger partial charge in [-0.3, -0.25) is 19.0 Å². The number of amides is 2. The number of allylic oxidation sites excluding steroid dienone is 2. The van der Waals surface area contributed by atoms with Crippen LogP contribution in [0.25, 0.3) is 27.9 Å². The topological polar surface area (TPSA) is 147 Å². The van der Waals surface area contributed by atoms with Crippen molar-refractivity contribution in [2.45, 2.75) is 50.5 Å². The molecule has 1 aliphatic heterocycles. The number of carbonyl (C=O) groups excluding carboxylic acids is 2. The lowest BCUT2D eigenvalue weighted by molar-refractivity contribution is -0.677. The Morgan fingerprint density at radius 1 is 0.958 bits per heavy atom. The maximum atomic E-state index is 14.3. The van der Waals surface area contributed by atoms with Gasteiger partial charge in [0.2, 0.25) is 37.4 Å². The first-order valence-corrected chi connectivity index (χ1v) is 19.8. The quantitative estimate of drug-likeness (QED) is 0.183. The molecule has 1 aromatic heterocycles. The number of hydrogen-bond donors (Lipinski definition) is 2. The molecular weight excluding hydrogens is 680 g/mol. The molecule has 0 saturated carbocycles. The van der Waals surface area contributed by atoms with Crippen LogP contribution in [0.5, 0.6) is 0 Å². The van der Waals surface area contributed by atoms with Crippen LogP contribution in [0, 0.1) is 5.82 Å². The Kier molecular flexibility index (Phi) is 10.6. The molecule has 48 heavy (non-hydrogen) atoms. The number of carbonyl (C=O) groups is 2. The van der Waals surface area contributed by atoms with Crippen LogP contribution in [0.15, 0.2) is 80.6 Å². The zero-order chi connectivity index (χ0) is 34.6. The number of rotatable bonds is 13. The third kappa shape index (κ3) is 8.82. The molecule has 1 aliphatic rings. The number of aromatic nitrogens is 1. The summed E-state index contributed by atoms with van der Waals surface area (Å²) in [5.74, 6) is -1.06. The lowest BCUT2D eigenvalue weighted by Gasteiger charge is -2.20. The molecule has 4 aromatic rings. The van der Waals surface area contributed by atoms with Gasteiger partial charge >= 0.3 is 5.89 Å². The van der Waals surface area contributed by atoms with Crippen molar-refractivity contribution in [1.82, 2.24) is 9.44 Å². The average molecular weight is 716 g/mol. The summed E-state index contributed by atoms with van der Waals surface area (Å²) < 4.78 is 72.6. The van der Waals surface area contributed by atoms with Gasteiger partial charge in [0.1, 0.15) is 5.82 Å². The Balaban J connectivity index is 1.49.